The first-order valence-corrected chi connectivity index (χ1v) is 6.72. The quantitative estimate of drug-likeness (QED) is 0.895. The van der Waals surface area contributed by atoms with Crippen molar-refractivity contribution in [1.82, 2.24) is 25.2 Å². The Balaban J connectivity index is 1.99. The first-order chi connectivity index (χ1) is 10.7. The number of alkyl halides is 3. The van der Waals surface area contributed by atoms with Gasteiger partial charge in [-0.2, -0.15) is 23.3 Å². The summed E-state index contributed by atoms with van der Waals surface area (Å²) in [4.78, 5) is 15.1. The van der Waals surface area contributed by atoms with Crippen LogP contribution >= 0.6 is 0 Å². The third kappa shape index (κ3) is 3.99. The van der Waals surface area contributed by atoms with E-state index in [1.54, 1.807) is 13.1 Å². The first-order valence-electron chi connectivity index (χ1n) is 6.72. The van der Waals surface area contributed by atoms with Gasteiger partial charge in [-0.05, 0) is 13.3 Å². The highest BCUT2D eigenvalue weighted by atomic mass is 19.4. The number of carbonyl (C=O) groups excluding carboxylic acids is 1. The summed E-state index contributed by atoms with van der Waals surface area (Å²) >= 11 is 0. The van der Waals surface area contributed by atoms with Crippen LogP contribution in [0.25, 0.3) is 0 Å². The van der Waals surface area contributed by atoms with E-state index in [9.17, 15) is 18.0 Å². The van der Waals surface area contributed by atoms with Crippen molar-refractivity contribution in [2.75, 3.05) is 5.32 Å². The molecule has 2 N–H and O–H groups in total. The van der Waals surface area contributed by atoms with Crippen LogP contribution < -0.4 is 10.6 Å². The number of anilines is 1. The lowest BCUT2D eigenvalue weighted by atomic mass is 10.3. The Morgan fingerprint density at radius 3 is 2.70 bits per heavy atom. The van der Waals surface area contributed by atoms with Gasteiger partial charge in [-0.1, -0.05) is 12.1 Å². The van der Waals surface area contributed by atoms with Gasteiger partial charge >= 0.3 is 12.2 Å². The van der Waals surface area contributed by atoms with E-state index in [1.165, 1.54) is 11.6 Å². The largest absolute Gasteiger partial charge is 0.455 e. The zero-order valence-electron chi connectivity index (χ0n) is 12.6. The molecular weight excluding hydrogens is 317 g/mol. The molecule has 0 saturated heterocycles. The minimum Gasteiger partial charge on any atom is -0.337 e. The lowest BCUT2D eigenvalue weighted by molar-refractivity contribution is -0.146. The van der Waals surface area contributed by atoms with E-state index in [-0.39, 0.29) is 5.89 Å². The van der Waals surface area contributed by atoms with Crippen molar-refractivity contribution in [3.05, 3.63) is 23.5 Å². The van der Waals surface area contributed by atoms with Gasteiger partial charge in [0.1, 0.15) is 11.9 Å². The van der Waals surface area contributed by atoms with Gasteiger partial charge in [0.2, 0.25) is 5.89 Å². The normalized spacial score (nSPS) is 13.0. The zero-order valence-corrected chi connectivity index (χ0v) is 12.6. The number of aromatic nitrogens is 4. The molecule has 1 atom stereocenters. The second kappa shape index (κ2) is 6.26. The Bertz CT molecular complexity index is 693. The fourth-order valence-corrected chi connectivity index (χ4v) is 1.75. The molecule has 2 amide bonds. The summed E-state index contributed by atoms with van der Waals surface area (Å²) in [7, 11) is 1.66. The van der Waals surface area contributed by atoms with Gasteiger partial charge in [-0.3, -0.25) is 10.00 Å². The topological polar surface area (TPSA) is 97.9 Å². The van der Waals surface area contributed by atoms with E-state index in [2.05, 4.69) is 30.4 Å². The van der Waals surface area contributed by atoms with Crippen LogP contribution in [0.15, 0.2) is 10.6 Å². The molecule has 0 bridgehead atoms. The van der Waals surface area contributed by atoms with Gasteiger partial charge in [0, 0.05) is 13.1 Å². The maximum Gasteiger partial charge on any atom is 0.455 e. The van der Waals surface area contributed by atoms with Crippen molar-refractivity contribution in [2.45, 2.75) is 32.5 Å². The van der Waals surface area contributed by atoms with Crippen molar-refractivity contribution in [1.29, 1.82) is 0 Å². The molecule has 23 heavy (non-hydrogen) atoms. The predicted octanol–water partition coefficient (Wildman–Crippen LogP) is 2.27. The molecule has 0 radical (unpaired) electrons. The van der Waals surface area contributed by atoms with Gasteiger partial charge in [-0.25, -0.2) is 4.79 Å². The predicted molar refractivity (Wildman–Crippen MR) is 72.5 cm³/mol. The third-order valence-corrected chi connectivity index (χ3v) is 2.95. The van der Waals surface area contributed by atoms with Gasteiger partial charge in [0.15, 0.2) is 0 Å². The fourth-order valence-electron chi connectivity index (χ4n) is 1.75. The molecule has 0 spiro atoms. The lowest BCUT2D eigenvalue weighted by Crippen LogP contribution is -2.32. The maximum absolute atomic E-state index is 12.4. The molecule has 0 fully saturated rings. The van der Waals surface area contributed by atoms with E-state index in [0.717, 1.165) is 5.69 Å². The highest BCUT2D eigenvalue weighted by molar-refractivity contribution is 5.88. The van der Waals surface area contributed by atoms with Crippen LogP contribution in [-0.4, -0.2) is 26.0 Å². The van der Waals surface area contributed by atoms with Crippen LogP contribution in [0.2, 0.25) is 0 Å². The van der Waals surface area contributed by atoms with Gasteiger partial charge < -0.3 is 9.84 Å². The first kappa shape index (κ1) is 16.8. The Morgan fingerprint density at radius 1 is 1.48 bits per heavy atom. The number of hydrogen-bond acceptors (Lipinski definition) is 5. The summed E-state index contributed by atoms with van der Waals surface area (Å²) < 4.78 is 43.2. The Hall–Kier alpha value is -2.59. The van der Waals surface area contributed by atoms with Crippen molar-refractivity contribution in [2.24, 2.45) is 7.05 Å². The molecule has 2 aromatic rings. The van der Waals surface area contributed by atoms with E-state index in [1.807, 2.05) is 6.92 Å². The van der Waals surface area contributed by atoms with Crippen molar-refractivity contribution in [3.63, 3.8) is 0 Å². The second-order valence-electron chi connectivity index (χ2n) is 4.77. The minimum absolute atomic E-state index is 0.341. The number of rotatable bonds is 4. The number of hydrogen-bond donors (Lipinski definition) is 2. The summed E-state index contributed by atoms with van der Waals surface area (Å²) in [5.41, 5.74) is 0.794. The number of aryl methyl sites for hydroxylation is 2. The van der Waals surface area contributed by atoms with Crippen LogP contribution in [0.4, 0.5) is 23.8 Å². The van der Waals surface area contributed by atoms with Crippen LogP contribution in [0, 0.1) is 0 Å². The monoisotopic (exact) mass is 332 g/mol. The van der Waals surface area contributed by atoms with Crippen LogP contribution in [-0.2, 0) is 19.6 Å². The van der Waals surface area contributed by atoms with E-state index in [4.69, 9.17) is 0 Å². The van der Waals surface area contributed by atoms with E-state index >= 15 is 0 Å². The number of urea groups is 1. The average molecular weight is 332 g/mol. The Morgan fingerprint density at radius 2 is 2.17 bits per heavy atom. The fraction of sp³-hybridized carbons (Fsp3) is 0.500. The molecule has 0 aliphatic rings. The van der Waals surface area contributed by atoms with Crippen molar-refractivity contribution in [3.8, 4) is 0 Å². The summed E-state index contributed by atoms with van der Waals surface area (Å²) in [5.74, 6) is -1.28. The third-order valence-electron chi connectivity index (χ3n) is 2.95. The van der Waals surface area contributed by atoms with E-state index < -0.39 is 24.1 Å². The number of nitrogens with one attached hydrogen (secondary N) is 2. The molecule has 8 nitrogen and oxygen atoms in total. The number of halogens is 3. The summed E-state index contributed by atoms with van der Waals surface area (Å²) in [6, 6.07) is 0.172. The van der Waals surface area contributed by atoms with Crippen molar-refractivity contribution < 1.29 is 22.5 Å². The highest BCUT2D eigenvalue weighted by Crippen LogP contribution is 2.27. The Kier molecular flexibility index (Phi) is 4.57. The molecule has 11 heteroatoms. The van der Waals surface area contributed by atoms with Gasteiger partial charge in [-0.15, -0.1) is 0 Å². The highest BCUT2D eigenvalue weighted by Gasteiger charge is 2.37. The lowest BCUT2D eigenvalue weighted by Gasteiger charge is -2.10. The summed E-state index contributed by atoms with van der Waals surface area (Å²) in [6.45, 7) is 3.34. The minimum atomic E-state index is -4.70. The van der Waals surface area contributed by atoms with Crippen LogP contribution in [0.1, 0.15) is 37.3 Å². The summed E-state index contributed by atoms with van der Waals surface area (Å²) in [6.07, 6.45) is -4.00. The SMILES string of the molecule is CCc1cc(NC(=O)N[C@@H](C)c2nc(C(F)(F)F)no2)n(C)n1. The molecule has 2 aromatic heterocycles. The maximum atomic E-state index is 12.4. The molecule has 0 unspecified atom stereocenters. The summed E-state index contributed by atoms with van der Waals surface area (Å²) in [5, 5.41) is 11.9. The molecular formula is C12H15F3N6O2. The van der Waals surface area contributed by atoms with Gasteiger partial charge in [0.25, 0.3) is 5.82 Å². The average Bonchev–Trinajstić information content (AvgIpc) is 3.06. The Labute approximate surface area is 129 Å². The molecule has 2 heterocycles. The zero-order chi connectivity index (χ0) is 17.2. The standard InChI is InChI=1S/C12H15F3N6O2/c1-4-7-5-8(21(3)19-7)17-11(22)16-6(2)9-18-10(20-23-9)12(13,14)15/h5-6H,4H2,1-3H3,(H2,16,17,22)/t6-/m0/s1. The second-order valence-corrected chi connectivity index (χ2v) is 4.77. The van der Waals surface area contributed by atoms with E-state index in [0.29, 0.717) is 12.2 Å². The molecule has 0 aliphatic carbocycles. The van der Waals surface area contributed by atoms with Crippen LogP contribution in [0.5, 0.6) is 0 Å². The number of nitrogens with zero attached hydrogens (tertiary/aromatic N) is 4. The number of amides is 2. The molecule has 126 valence electrons. The smallest absolute Gasteiger partial charge is 0.337 e. The van der Waals surface area contributed by atoms with Crippen molar-refractivity contribution >= 4 is 11.8 Å². The van der Waals surface area contributed by atoms with Gasteiger partial charge in [0.05, 0.1) is 5.69 Å². The molecule has 0 aliphatic heterocycles. The molecule has 0 saturated carbocycles. The molecule has 0 aromatic carbocycles. The number of carbonyl (C=O) groups is 1. The van der Waals surface area contributed by atoms with Crippen LogP contribution in [0.3, 0.4) is 0 Å². The molecule has 2 rings (SSSR count).